The molecule has 5 nitrogen and oxygen atoms in total. The zero-order valence-corrected chi connectivity index (χ0v) is 12.7. The Kier molecular flexibility index (Phi) is 5.20. The van der Waals surface area contributed by atoms with Crippen LogP contribution in [0.2, 0.25) is 5.02 Å². The van der Waals surface area contributed by atoms with Crippen molar-refractivity contribution in [3.05, 3.63) is 28.3 Å². The number of hydrogen-bond acceptors (Lipinski definition) is 3. The summed E-state index contributed by atoms with van der Waals surface area (Å²) in [5.41, 5.74) is 2.38. The van der Waals surface area contributed by atoms with E-state index >= 15 is 0 Å². The molecule has 0 aliphatic carbocycles. The van der Waals surface area contributed by atoms with E-state index in [1.165, 1.54) is 0 Å². The highest BCUT2D eigenvalue weighted by atomic mass is 35.5. The second-order valence-corrected chi connectivity index (χ2v) is 7.12. The summed E-state index contributed by atoms with van der Waals surface area (Å²) in [6.45, 7) is 3.76. The molecule has 0 aliphatic rings. The molecular formula is C12H17ClN2O3S. The van der Waals surface area contributed by atoms with E-state index in [2.05, 4.69) is 10.6 Å². The molecule has 106 valence electrons. The SMILES string of the molecule is Cc1cc(Cl)cc(C)c1NC(=O)NCCS(C)(=O)=O. The Morgan fingerprint density at radius 3 is 2.26 bits per heavy atom. The van der Waals surface area contributed by atoms with Crippen molar-refractivity contribution in [1.82, 2.24) is 5.32 Å². The van der Waals surface area contributed by atoms with Crippen molar-refractivity contribution >= 4 is 33.2 Å². The number of urea groups is 1. The van der Waals surface area contributed by atoms with Crippen LogP contribution in [0.25, 0.3) is 0 Å². The average molecular weight is 305 g/mol. The number of sulfone groups is 1. The first-order valence-corrected chi connectivity index (χ1v) is 8.12. The highest BCUT2D eigenvalue weighted by molar-refractivity contribution is 7.90. The summed E-state index contributed by atoms with van der Waals surface area (Å²) in [4.78, 5) is 11.6. The maximum atomic E-state index is 11.6. The topological polar surface area (TPSA) is 75.3 Å². The van der Waals surface area contributed by atoms with E-state index in [9.17, 15) is 13.2 Å². The van der Waals surface area contributed by atoms with Gasteiger partial charge in [0.2, 0.25) is 0 Å². The minimum atomic E-state index is -3.07. The van der Waals surface area contributed by atoms with Crippen LogP contribution < -0.4 is 10.6 Å². The molecular weight excluding hydrogens is 288 g/mol. The molecule has 0 atom stereocenters. The highest BCUT2D eigenvalue weighted by Crippen LogP contribution is 2.24. The first kappa shape index (κ1) is 15.8. The summed E-state index contributed by atoms with van der Waals surface area (Å²) in [5.74, 6) is -0.0843. The van der Waals surface area contributed by atoms with E-state index in [-0.39, 0.29) is 12.3 Å². The van der Waals surface area contributed by atoms with E-state index in [1.807, 2.05) is 13.8 Å². The van der Waals surface area contributed by atoms with Gasteiger partial charge < -0.3 is 10.6 Å². The molecule has 0 aromatic heterocycles. The number of benzene rings is 1. The number of hydrogen-bond donors (Lipinski definition) is 2. The molecule has 1 aromatic rings. The summed E-state index contributed by atoms with van der Waals surface area (Å²) >= 11 is 5.90. The van der Waals surface area contributed by atoms with Crippen LogP contribution in [0.15, 0.2) is 12.1 Å². The van der Waals surface area contributed by atoms with Crippen LogP contribution in [-0.4, -0.2) is 33.0 Å². The van der Waals surface area contributed by atoms with E-state index in [0.29, 0.717) is 10.7 Å². The van der Waals surface area contributed by atoms with Crippen LogP contribution in [0.1, 0.15) is 11.1 Å². The molecule has 1 aromatic carbocycles. The molecule has 0 spiro atoms. The van der Waals surface area contributed by atoms with Gasteiger partial charge in [-0.15, -0.1) is 0 Å². The van der Waals surface area contributed by atoms with Crippen molar-refractivity contribution in [2.75, 3.05) is 23.9 Å². The van der Waals surface area contributed by atoms with Crippen molar-refractivity contribution in [2.45, 2.75) is 13.8 Å². The standard InChI is InChI=1S/C12H17ClN2O3S/c1-8-6-10(13)7-9(2)11(8)15-12(16)14-4-5-19(3,17)18/h6-7H,4-5H2,1-3H3,(H2,14,15,16). The lowest BCUT2D eigenvalue weighted by Gasteiger charge is -2.12. The third-order valence-electron chi connectivity index (χ3n) is 2.49. The van der Waals surface area contributed by atoms with E-state index < -0.39 is 15.9 Å². The van der Waals surface area contributed by atoms with E-state index in [1.54, 1.807) is 12.1 Å². The zero-order chi connectivity index (χ0) is 14.6. The van der Waals surface area contributed by atoms with Crippen LogP contribution in [0, 0.1) is 13.8 Å². The van der Waals surface area contributed by atoms with E-state index in [0.717, 1.165) is 17.4 Å². The predicted octanol–water partition coefficient (Wildman–Crippen LogP) is 2.12. The summed E-state index contributed by atoms with van der Waals surface area (Å²) in [6.07, 6.45) is 1.13. The summed E-state index contributed by atoms with van der Waals surface area (Å²) in [6, 6.07) is 3.07. The number of carbonyl (C=O) groups excluding carboxylic acids is 1. The van der Waals surface area contributed by atoms with Gasteiger partial charge in [0.05, 0.1) is 5.75 Å². The number of anilines is 1. The van der Waals surface area contributed by atoms with Gasteiger partial charge >= 0.3 is 6.03 Å². The number of aryl methyl sites for hydroxylation is 2. The Labute approximate surface area is 118 Å². The van der Waals surface area contributed by atoms with Crippen LogP contribution in [0.4, 0.5) is 10.5 Å². The molecule has 0 saturated carbocycles. The van der Waals surface area contributed by atoms with Crippen molar-refractivity contribution < 1.29 is 13.2 Å². The van der Waals surface area contributed by atoms with Gasteiger partial charge in [-0.3, -0.25) is 0 Å². The minimum Gasteiger partial charge on any atom is -0.337 e. The Hall–Kier alpha value is -1.27. The minimum absolute atomic E-state index is 0.0797. The maximum absolute atomic E-state index is 11.6. The molecule has 0 aliphatic heterocycles. The highest BCUT2D eigenvalue weighted by Gasteiger charge is 2.09. The second kappa shape index (κ2) is 6.25. The zero-order valence-electron chi connectivity index (χ0n) is 11.1. The van der Waals surface area contributed by atoms with Gasteiger partial charge in [0.15, 0.2) is 0 Å². The number of halogens is 1. The van der Waals surface area contributed by atoms with Crippen LogP contribution >= 0.6 is 11.6 Å². The molecule has 7 heteroatoms. The van der Waals surface area contributed by atoms with Crippen LogP contribution in [0.3, 0.4) is 0 Å². The normalized spacial score (nSPS) is 11.2. The summed E-state index contributed by atoms with van der Waals surface area (Å²) < 4.78 is 21.9. The Balaban J connectivity index is 2.63. The smallest absolute Gasteiger partial charge is 0.319 e. The number of nitrogens with one attached hydrogen (secondary N) is 2. The third-order valence-corrected chi connectivity index (χ3v) is 3.66. The molecule has 0 fully saturated rings. The largest absolute Gasteiger partial charge is 0.337 e. The molecule has 2 N–H and O–H groups in total. The Morgan fingerprint density at radius 2 is 1.79 bits per heavy atom. The van der Waals surface area contributed by atoms with Gasteiger partial charge in [-0.25, -0.2) is 13.2 Å². The van der Waals surface area contributed by atoms with Crippen LogP contribution in [0.5, 0.6) is 0 Å². The third kappa shape index (κ3) is 5.48. The number of rotatable bonds is 4. The Morgan fingerprint density at radius 1 is 1.26 bits per heavy atom. The summed E-state index contributed by atoms with van der Waals surface area (Å²) in [5, 5.41) is 5.79. The first-order valence-electron chi connectivity index (χ1n) is 5.68. The summed E-state index contributed by atoms with van der Waals surface area (Å²) in [7, 11) is -3.07. The second-order valence-electron chi connectivity index (χ2n) is 4.43. The lowest BCUT2D eigenvalue weighted by molar-refractivity contribution is 0.252. The van der Waals surface area contributed by atoms with Gasteiger partial charge in [0.1, 0.15) is 9.84 Å². The molecule has 2 amide bonds. The average Bonchev–Trinajstić information content (AvgIpc) is 2.21. The monoisotopic (exact) mass is 304 g/mol. The molecule has 0 bridgehead atoms. The Bertz CT molecular complexity index is 562. The quantitative estimate of drug-likeness (QED) is 0.894. The number of carbonyl (C=O) groups is 1. The van der Waals surface area contributed by atoms with E-state index in [4.69, 9.17) is 11.6 Å². The van der Waals surface area contributed by atoms with Gasteiger partial charge in [0.25, 0.3) is 0 Å². The predicted molar refractivity (Wildman–Crippen MR) is 77.7 cm³/mol. The molecule has 0 radical (unpaired) electrons. The first-order chi connectivity index (χ1) is 8.69. The van der Waals surface area contributed by atoms with Crippen molar-refractivity contribution in [2.24, 2.45) is 0 Å². The van der Waals surface area contributed by atoms with Gasteiger partial charge in [-0.1, -0.05) is 11.6 Å². The number of amides is 2. The molecule has 19 heavy (non-hydrogen) atoms. The lowest BCUT2D eigenvalue weighted by Crippen LogP contribution is -2.33. The van der Waals surface area contributed by atoms with Gasteiger partial charge in [-0.2, -0.15) is 0 Å². The molecule has 0 unspecified atom stereocenters. The fourth-order valence-electron chi connectivity index (χ4n) is 1.62. The molecule has 1 rings (SSSR count). The van der Waals surface area contributed by atoms with Crippen molar-refractivity contribution in [3.63, 3.8) is 0 Å². The van der Waals surface area contributed by atoms with Crippen molar-refractivity contribution in [3.8, 4) is 0 Å². The van der Waals surface area contributed by atoms with Crippen molar-refractivity contribution in [1.29, 1.82) is 0 Å². The van der Waals surface area contributed by atoms with Gasteiger partial charge in [-0.05, 0) is 37.1 Å². The molecule has 0 saturated heterocycles. The fraction of sp³-hybridized carbons (Fsp3) is 0.417. The fourth-order valence-corrected chi connectivity index (χ4v) is 2.42. The lowest BCUT2D eigenvalue weighted by atomic mass is 10.1. The van der Waals surface area contributed by atoms with Crippen LogP contribution in [-0.2, 0) is 9.84 Å². The molecule has 0 heterocycles. The van der Waals surface area contributed by atoms with Gasteiger partial charge in [0, 0.05) is 23.5 Å². The maximum Gasteiger partial charge on any atom is 0.319 e.